The number of halogens is 3. The van der Waals surface area contributed by atoms with E-state index in [-0.39, 0.29) is 5.56 Å². The maximum atomic E-state index is 13.7. The molecule has 0 aliphatic carbocycles. The fraction of sp³-hybridized carbons (Fsp3) is 0.154. The van der Waals surface area contributed by atoms with Gasteiger partial charge in [0, 0.05) is 33.3 Å². The average molecular weight is 375 g/mol. The first kappa shape index (κ1) is 13.6. The summed E-state index contributed by atoms with van der Waals surface area (Å²) in [6.45, 7) is 0. The van der Waals surface area contributed by atoms with Gasteiger partial charge < -0.3 is 5.11 Å². The molecule has 94 valence electrons. The van der Waals surface area contributed by atoms with Crippen molar-refractivity contribution in [3.8, 4) is 0 Å². The Morgan fingerprint density at radius 3 is 2.61 bits per heavy atom. The second-order valence-corrected chi connectivity index (χ2v) is 5.73. The van der Waals surface area contributed by atoms with Gasteiger partial charge in [0.05, 0.1) is 6.10 Å². The summed E-state index contributed by atoms with van der Waals surface area (Å²) in [4.78, 5) is 4.01. The molecule has 1 heterocycles. The van der Waals surface area contributed by atoms with E-state index in [4.69, 9.17) is 0 Å². The van der Waals surface area contributed by atoms with Crippen LogP contribution in [0.1, 0.15) is 17.2 Å². The predicted molar refractivity (Wildman–Crippen MR) is 74.7 cm³/mol. The highest BCUT2D eigenvalue weighted by atomic mass is 79.9. The van der Waals surface area contributed by atoms with Crippen molar-refractivity contribution in [3.05, 3.63) is 62.5 Å². The Morgan fingerprint density at radius 2 is 1.94 bits per heavy atom. The molecule has 0 fully saturated rings. The molecule has 1 unspecified atom stereocenters. The van der Waals surface area contributed by atoms with Gasteiger partial charge in [0.1, 0.15) is 5.82 Å². The lowest BCUT2D eigenvalue weighted by molar-refractivity contribution is 0.173. The molecule has 0 saturated heterocycles. The van der Waals surface area contributed by atoms with Crippen molar-refractivity contribution in [3.63, 3.8) is 0 Å². The normalized spacial score (nSPS) is 12.4. The van der Waals surface area contributed by atoms with Crippen LogP contribution in [-0.4, -0.2) is 10.1 Å². The zero-order chi connectivity index (χ0) is 13.1. The second-order valence-electron chi connectivity index (χ2n) is 3.90. The third-order valence-electron chi connectivity index (χ3n) is 2.51. The molecule has 1 aromatic heterocycles. The van der Waals surface area contributed by atoms with Crippen molar-refractivity contribution in [1.29, 1.82) is 0 Å². The summed E-state index contributed by atoms with van der Waals surface area (Å²) >= 11 is 6.49. The molecule has 2 nitrogen and oxygen atoms in total. The van der Waals surface area contributed by atoms with Crippen LogP contribution in [0.2, 0.25) is 0 Å². The van der Waals surface area contributed by atoms with E-state index in [0.717, 1.165) is 10.0 Å². The molecule has 5 heteroatoms. The van der Waals surface area contributed by atoms with Crippen LogP contribution >= 0.6 is 31.9 Å². The van der Waals surface area contributed by atoms with Crippen LogP contribution in [0, 0.1) is 5.82 Å². The Kier molecular flexibility index (Phi) is 4.48. The van der Waals surface area contributed by atoms with Crippen LogP contribution in [0.15, 0.2) is 45.6 Å². The van der Waals surface area contributed by atoms with Gasteiger partial charge in [-0.15, -0.1) is 0 Å². The fourth-order valence-electron chi connectivity index (χ4n) is 1.67. The lowest BCUT2D eigenvalue weighted by Crippen LogP contribution is -2.04. The lowest BCUT2D eigenvalue weighted by atomic mass is 10.0. The Morgan fingerprint density at radius 1 is 1.17 bits per heavy atom. The number of aliphatic hydroxyl groups is 1. The van der Waals surface area contributed by atoms with Gasteiger partial charge >= 0.3 is 0 Å². The van der Waals surface area contributed by atoms with Gasteiger partial charge in [0.25, 0.3) is 0 Å². The molecule has 2 rings (SSSR count). The summed E-state index contributed by atoms with van der Waals surface area (Å²) in [6.07, 6.45) is 2.76. The lowest BCUT2D eigenvalue weighted by Gasteiger charge is -2.12. The molecule has 0 saturated carbocycles. The quantitative estimate of drug-likeness (QED) is 0.880. The Balaban J connectivity index is 2.19. The van der Waals surface area contributed by atoms with Gasteiger partial charge in [-0.2, -0.15) is 0 Å². The highest BCUT2D eigenvalue weighted by Gasteiger charge is 2.14. The molecular weight excluding hydrogens is 365 g/mol. The minimum atomic E-state index is -0.880. The third kappa shape index (κ3) is 3.37. The van der Waals surface area contributed by atoms with Gasteiger partial charge in [-0.1, -0.05) is 22.0 Å². The Hall–Kier alpha value is -0.780. The maximum Gasteiger partial charge on any atom is 0.130 e. The van der Waals surface area contributed by atoms with Crippen LogP contribution in [0.4, 0.5) is 4.39 Å². The zero-order valence-electron chi connectivity index (χ0n) is 9.28. The molecule has 0 aliphatic rings. The average Bonchev–Trinajstić information content (AvgIpc) is 2.28. The summed E-state index contributed by atoms with van der Waals surface area (Å²) in [6, 6.07) is 6.49. The van der Waals surface area contributed by atoms with Gasteiger partial charge in [-0.05, 0) is 39.7 Å². The first-order valence-corrected chi connectivity index (χ1v) is 6.87. The standard InChI is InChI=1S/C13H10Br2FNO/c14-9-1-2-11(12(16)5-9)13(18)4-8-3-10(15)7-17-6-8/h1-3,5-7,13,18H,4H2. The van der Waals surface area contributed by atoms with Crippen molar-refractivity contribution in [2.24, 2.45) is 0 Å². The van der Waals surface area contributed by atoms with Crippen LogP contribution in [-0.2, 0) is 6.42 Å². The van der Waals surface area contributed by atoms with Gasteiger partial charge in [-0.3, -0.25) is 4.98 Å². The smallest absolute Gasteiger partial charge is 0.130 e. The molecule has 2 aromatic rings. The molecule has 0 aliphatic heterocycles. The van der Waals surface area contributed by atoms with E-state index in [1.807, 2.05) is 6.07 Å². The van der Waals surface area contributed by atoms with Crippen molar-refractivity contribution < 1.29 is 9.50 Å². The summed E-state index contributed by atoms with van der Waals surface area (Å²) in [5, 5.41) is 10.0. The molecule has 1 N–H and O–H groups in total. The Bertz CT molecular complexity index is 562. The van der Waals surface area contributed by atoms with E-state index in [1.165, 1.54) is 6.07 Å². The maximum absolute atomic E-state index is 13.7. The van der Waals surface area contributed by atoms with Gasteiger partial charge in [0.15, 0.2) is 0 Å². The molecule has 1 aromatic carbocycles. The molecule has 18 heavy (non-hydrogen) atoms. The summed E-state index contributed by atoms with van der Waals surface area (Å²) in [5.41, 5.74) is 1.14. The van der Waals surface area contributed by atoms with Crippen LogP contribution < -0.4 is 0 Å². The van der Waals surface area contributed by atoms with Crippen LogP contribution in [0.25, 0.3) is 0 Å². The summed E-state index contributed by atoms with van der Waals surface area (Å²) in [5.74, 6) is -0.417. The number of hydrogen-bond donors (Lipinski definition) is 1. The van der Waals surface area contributed by atoms with E-state index in [1.54, 1.807) is 24.5 Å². The highest BCUT2D eigenvalue weighted by molar-refractivity contribution is 9.10. The zero-order valence-corrected chi connectivity index (χ0v) is 12.4. The summed E-state index contributed by atoms with van der Waals surface area (Å²) in [7, 11) is 0. The largest absolute Gasteiger partial charge is 0.388 e. The number of rotatable bonds is 3. The van der Waals surface area contributed by atoms with Crippen molar-refractivity contribution >= 4 is 31.9 Å². The second kappa shape index (κ2) is 5.91. The van der Waals surface area contributed by atoms with Crippen molar-refractivity contribution in [2.45, 2.75) is 12.5 Å². The van der Waals surface area contributed by atoms with Gasteiger partial charge in [-0.25, -0.2) is 4.39 Å². The first-order chi connectivity index (χ1) is 8.56. The van der Waals surface area contributed by atoms with E-state index in [9.17, 15) is 9.50 Å². The number of aromatic nitrogens is 1. The van der Waals surface area contributed by atoms with Crippen LogP contribution in [0.5, 0.6) is 0 Å². The third-order valence-corrected chi connectivity index (χ3v) is 3.44. The molecular formula is C13H10Br2FNO. The summed E-state index contributed by atoms with van der Waals surface area (Å²) < 4.78 is 15.2. The minimum Gasteiger partial charge on any atom is -0.388 e. The first-order valence-electron chi connectivity index (χ1n) is 5.28. The molecule has 0 bridgehead atoms. The monoisotopic (exact) mass is 373 g/mol. The van der Waals surface area contributed by atoms with Crippen LogP contribution in [0.3, 0.4) is 0 Å². The number of nitrogens with zero attached hydrogens (tertiary/aromatic N) is 1. The fourth-order valence-corrected chi connectivity index (χ4v) is 2.42. The van der Waals surface area contributed by atoms with Crippen molar-refractivity contribution in [1.82, 2.24) is 4.98 Å². The number of aliphatic hydroxyl groups excluding tert-OH is 1. The van der Waals surface area contributed by atoms with Crippen molar-refractivity contribution in [2.75, 3.05) is 0 Å². The Labute approximate surface area is 121 Å². The van der Waals surface area contributed by atoms with Gasteiger partial charge in [0.2, 0.25) is 0 Å². The number of hydrogen-bond acceptors (Lipinski definition) is 2. The molecule has 0 spiro atoms. The number of pyridine rings is 1. The SMILES string of the molecule is OC(Cc1cncc(Br)c1)c1ccc(Br)cc1F. The van der Waals surface area contributed by atoms with E-state index >= 15 is 0 Å². The highest BCUT2D eigenvalue weighted by Crippen LogP contribution is 2.24. The van der Waals surface area contributed by atoms with E-state index in [2.05, 4.69) is 36.8 Å². The van der Waals surface area contributed by atoms with E-state index in [0.29, 0.717) is 10.9 Å². The predicted octanol–water partition coefficient (Wildman–Crippen LogP) is 4.02. The topological polar surface area (TPSA) is 33.1 Å². The molecule has 1 atom stereocenters. The van der Waals surface area contributed by atoms with E-state index < -0.39 is 11.9 Å². The number of benzene rings is 1. The molecule has 0 radical (unpaired) electrons. The molecule has 0 amide bonds. The minimum absolute atomic E-state index is 0.290.